The van der Waals surface area contributed by atoms with Gasteiger partial charge in [0.2, 0.25) is 11.8 Å². The maximum atomic E-state index is 5.84. The molecule has 102 valence electrons. The molecule has 2 N–H and O–H groups in total. The topological polar surface area (TPSA) is 66.2 Å². The average Bonchev–Trinajstić information content (AvgIpc) is 3.16. The quantitative estimate of drug-likeness (QED) is 0.790. The van der Waals surface area contributed by atoms with Crippen molar-refractivity contribution in [1.82, 2.24) is 9.55 Å². The lowest BCUT2D eigenvalue weighted by Gasteiger charge is -2.00. The van der Waals surface area contributed by atoms with Crippen molar-refractivity contribution in [2.75, 3.05) is 7.11 Å². The zero-order chi connectivity index (χ0) is 13.9. The van der Waals surface area contributed by atoms with Crippen LogP contribution in [-0.4, -0.2) is 16.7 Å². The molecule has 0 unspecified atom stereocenters. The van der Waals surface area contributed by atoms with Crippen molar-refractivity contribution in [3.63, 3.8) is 0 Å². The Hall–Kier alpha value is -2.53. The van der Waals surface area contributed by atoms with Crippen LogP contribution in [-0.2, 0) is 6.54 Å². The number of benzene rings is 1. The lowest BCUT2D eigenvalue weighted by Crippen LogP contribution is -2.01. The van der Waals surface area contributed by atoms with E-state index in [1.54, 1.807) is 7.11 Å². The number of methoxy groups -OCH3 is 1. The predicted octanol–water partition coefficient (Wildman–Crippen LogP) is 2.60. The maximum Gasteiger partial charge on any atom is 0.229 e. The Morgan fingerprint density at radius 2 is 1.90 bits per heavy atom. The van der Waals surface area contributed by atoms with Crippen molar-refractivity contribution in [2.24, 2.45) is 5.73 Å². The monoisotopic (exact) mass is 269 g/mol. The van der Waals surface area contributed by atoms with E-state index >= 15 is 0 Å². The Morgan fingerprint density at radius 1 is 1.20 bits per heavy atom. The Morgan fingerprint density at radius 3 is 2.50 bits per heavy atom. The summed E-state index contributed by atoms with van der Waals surface area (Å²) in [6.45, 7) is 0.327. The number of oxazole rings is 1. The highest BCUT2D eigenvalue weighted by atomic mass is 16.5. The van der Waals surface area contributed by atoms with Crippen molar-refractivity contribution < 1.29 is 9.15 Å². The van der Waals surface area contributed by atoms with E-state index in [0.717, 1.165) is 17.0 Å². The first-order valence-corrected chi connectivity index (χ1v) is 6.29. The minimum absolute atomic E-state index is 0.327. The summed E-state index contributed by atoms with van der Waals surface area (Å²) in [5, 5.41) is 0. The minimum Gasteiger partial charge on any atom is -0.497 e. The summed E-state index contributed by atoms with van der Waals surface area (Å²) >= 11 is 0. The van der Waals surface area contributed by atoms with Gasteiger partial charge < -0.3 is 14.9 Å². The third-order valence-electron chi connectivity index (χ3n) is 3.05. The van der Waals surface area contributed by atoms with Gasteiger partial charge >= 0.3 is 0 Å². The first-order valence-electron chi connectivity index (χ1n) is 6.29. The molecular formula is C15H15N3O2. The van der Waals surface area contributed by atoms with Gasteiger partial charge in [-0.3, -0.25) is 4.57 Å². The second kappa shape index (κ2) is 5.22. The normalized spacial score (nSPS) is 10.7. The highest BCUT2D eigenvalue weighted by molar-refractivity contribution is 5.56. The highest BCUT2D eigenvalue weighted by Gasteiger charge is 2.14. The van der Waals surface area contributed by atoms with Gasteiger partial charge in [-0.2, -0.15) is 0 Å². The summed E-state index contributed by atoms with van der Waals surface area (Å²) in [5.74, 6) is 2.00. The van der Waals surface area contributed by atoms with Crippen LogP contribution in [0.4, 0.5) is 0 Å². The van der Waals surface area contributed by atoms with E-state index in [9.17, 15) is 0 Å². The van der Waals surface area contributed by atoms with Crippen LogP contribution in [0.2, 0.25) is 0 Å². The molecule has 0 aliphatic carbocycles. The molecule has 5 heteroatoms. The molecule has 0 radical (unpaired) electrons. The van der Waals surface area contributed by atoms with Crippen LogP contribution < -0.4 is 10.5 Å². The number of hydrogen-bond acceptors (Lipinski definition) is 4. The maximum absolute atomic E-state index is 5.84. The van der Waals surface area contributed by atoms with E-state index in [1.165, 1.54) is 0 Å². The third-order valence-corrected chi connectivity index (χ3v) is 3.05. The molecule has 0 atom stereocenters. The van der Waals surface area contributed by atoms with Crippen LogP contribution in [0.15, 0.2) is 53.2 Å². The Bertz CT molecular complexity index is 684. The van der Waals surface area contributed by atoms with Gasteiger partial charge in [-0.05, 0) is 36.4 Å². The van der Waals surface area contributed by atoms with Gasteiger partial charge in [0.05, 0.1) is 7.11 Å². The first-order chi connectivity index (χ1) is 9.81. The Labute approximate surface area is 116 Å². The molecule has 1 aromatic carbocycles. The smallest absolute Gasteiger partial charge is 0.229 e. The van der Waals surface area contributed by atoms with E-state index < -0.39 is 0 Å². The zero-order valence-corrected chi connectivity index (χ0v) is 11.1. The van der Waals surface area contributed by atoms with Gasteiger partial charge in [-0.25, -0.2) is 4.98 Å². The number of ether oxygens (including phenoxy) is 1. The second-order valence-electron chi connectivity index (χ2n) is 4.29. The van der Waals surface area contributed by atoms with Crippen molar-refractivity contribution in [3.8, 4) is 23.1 Å². The van der Waals surface area contributed by atoms with Crippen LogP contribution in [0, 0.1) is 0 Å². The van der Waals surface area contributed by atoms with Crippen LogP contribution in [0.3, 0.4) is 0 Å². The molecule has 0 amide bonds. The minimum atomic E-state index is 0.327. The predicted molar refractivity (Wildman–Crippen MR) is 75.7 cm³/mol. The first kappa shape index (κ1) is 12.5. The molecule has 0 saturated carbocycles. The average molecular weight is 269 g/mol. The van der Waals surface area contributed by atoms with Crippen molar-refractivity contribution in [3.05, 3.63) is 54.5 Å². The van der Waals surface area contributed by atoms with Crippen molar-refractivity contribution >= 4 is 0 Å². The molecule has 20 heavy (non-hydrogen) atoms. The molecule has 2 aromatic heterocycles. The van der Waals surface area contributed by atoms with Gasteiger partial charge in [0.15, 0.2) is 0 Å². The fourth-order valence-electron chi connectivity index (χ4n) is 2.01. The van der Waals surface area contributed by atoms with Crippen LogP contribution in [0.5, 0.6) is 5.75 Å². The number of nitrogens with zero attached hydrogens (tertiary/aromatic N) is 2. The number of aromatic nitrogens is 2. The summed E-state index contributed by atoms with van der Waals surface area (Å²) in [4.78, 5) is 4.46. The molecule has 5 nitrogen and oxygen atoms in total. The molecule has 0 fully saturated rings. The SMILES string of the molecule is COc1ccc(-c2nc(CN)c(-n3cccc3)o2)cc1. The molecule has 0 bridgehead atoms. The molecular weight excluding hydrogens is 254 g/mol. The summed E-state index contributed by atoms with van der Waals surface area (Å²) < 4.78 is 12.8. The zero-order valence-electron chi connectivity index (χ0n) is 11.1. The van der Waals surface area contributed by atoms with Gasteiger partial charge in [0.1, 0.15) is 11.4 Å². The largest absolute Gasteiger partial charge is 0.497 e. The standard InChI is InChI=1S/C15H15N3O2/c1-19-12-6-4-11(5-7-12)14-17-13(10-16)15(20-14)18-8-2-3-9-18/h2-9H,10,16H2,1H3. The van der Waals surface area contributed by atoms with E-state index in [2.05, 4.69) is 4.98 Å². The Kier molecular flexibility index (Phi) is 3.26. The third kappa shape index (κ3) is 2.19. The summed E-state index contributed by atoms with van der Waals surface area (Å²) in [7, 11) is 1.64. The van der Waals surface area contributed by atoms with E-state index in [1.807, 2.05) is 53.4 Å². The van der Waals surface area contributed by atoms with E-state index in [4.69, 9.17) is 14.9 Å². The lowest BCUT2D eigenvalue weighted by atomic mass is 10.2. The fourth-order valence-corrected chi connectivity index (χ4v) is 2.01. The molecule has 3 aromatic rings. The van der Waals surface area contributed by atoms with Gasteiger partial charge in [-0.15, -0.1) is 0 Å². The molecule has 0 aliphatic rings. The van der Waals surface area contributed by atoms with Crippen molar-refractivity contribution in [2.45, 2.75) is 6.54 Å². The summed E-state index contributed by atoms with van der Waals surface area (Å²) in [5.41, 5.74) is 7.35. The molecule has 2 heterocycles. The van der Waals surface area contributed by atoms with Crippen LogP contribution in [0.25, 0.3) is 17.3 Å². The molecule has 0 spiro atoms. The van der Waals surface area contributed by atoms with Gasteiger partial charge in [0, 0.05) is 24.5 Å². The molecule has 0 aliphatic heterocycles. The van der Waals surface area contributed by atoms with Gasteiger partial charge in [-0.1, -0.05) is 0 Å². The molecule has 3 rings (SSSR count). The van der Waals surface area contributed by atoms with E-state index in [0.29, 0.717) is 18.3 Å². The van der Waals surface area contributed by atoms with Gasteiger partial charge in [0.25, 0.3) is 0 Å². The number of rotatable bonds is 4. The summed E-state index contributed by atoms with van der Waals surface area (Å²) in [6, 6.07) is 11.4. The second-order valence-corrected chi connectivity index (χ2v) is 4.29. The van der Waals surface area contributed by atoms with E-state index in [-0.39, 0.29) is 0 Å². The molecule has 0 saturated heterocycles. The Balaban J connectivity index is 2.02. The van der Waals surface area contributed by atoms with Crippen molar-refractivity contribution in [1.29, 1.82) is 0 Å². The lowest BCUT2D eigenvalue weighted by molar-refractivity contribution is 0.415. The van der Waals surface area contributed by atoms with Crippen LogP contribution in [0.1, 0.15) is 5.69 Å². The fraction of sp³-hybridized carbons (Fsp3) is 0.133. The summed E-state index contributed by atoms with van der Waals surface area (Å²) in [6.07, 6.45) is 3.80. The van der Waals surface area contributed by atoms with Crippen LogP contribution >= 0.6 is 0 Å². The highest BCUT2D eigenvalue weighted by Crippen LogP contribution is 2.26. The number of nitrogens with two attached hydrogens (primary N) is 1. The number of hydrogen-bond donors (Lipinski definition) is 1.